The van der Waals surface area contributed by atoms with E-state index < -0.39 is 0 Å². The monoisotopic (exact) mass is 376 g/mol. The molecule has 0 aliphatic carbocycles. The molecule has 1 aliphatic rings. The van der Waals surface area contributed by atoms with Gasteiger partial charge in [0.15, 0.2) is 11.5 Å². The van der Waals surface area contributed by atoms with Gasteiger partial charge >= 0.3 is 0 Å². The van der Waals surface area contributed by atoms with E-state index in [1.54, 1.807) is 13.2 Å². The largest absolute Gasteiger partial charge is 0.493 e. The number of fused-ring (bicyclic) bond motifs is 1. The SMILES string of the molecule is COc1cc(/C=C(\Cl)c2nc(-c3cccs3)no2)cc2c1OCCO2. The standard InChI is InChI=1S/C17H13ClN2O4S/c1-21-12-8-10(9-13-15(12)23-5-4-22-13)7-11(18)17-19-16(20-24-17)14-3-2-6-25-14/h2-3,6-9H,4-5H2,1H3/b11-7-. The number of methoxy groups -OCH3 is 1. The van der Waals surface area contributed by atoms with Crippen molar-refractivity contribution >= 4 is 34.0 Å². The number of halogens is 1. The summed E-state index contributed by atoms with van der Waals surface area (Å²) in [7, 11) is 1.58. The Morgan fingerprint density at radius 2 is 2.20 bits per heavy atom. The zero-order valence-corrected chi connectivity index (χ0v) is 14.8. The molecule has 6 nitrogen and oxygen atoms in total. The highest BCUT2D eigenvalue weighted by molar-refractivity contribution is 7.13. The van der Waals surface area contributed by atoms with E-state index in [4.69, 9.17) is 30.3 Å². The van der Waals surface area contributed by atoms with Crippen LogP contribution in [0.1, 0.15) is 11.5 Å². The zero-order valence-electron chi connectivity index (χ0n) is 13.2. The quantitative estimate of drug-likeness (QED) is 0.675. The van der Waals surface area contributed by atoms with Gasteiger partial charge in [-0.3, -0.25) is 0 Å². The van der Waals surface area contributed by atoms with Crippen molar-refractivity contribution in [3.05, 3.63) is 41.1 Å². The Balaban J connectivity index is 1.66. The third-order valence-corrected chi connectivity index (χ3v) is 4.65. The summed E-state index contributed by atoms with van der Waals surface area (Å²) in [6.07, 6.45) is 1.72. The molecule has 0 unspecified atom stereocenters. The highest BCUT2D eigenvalue weighted by Crippen LogP contribution is 2.41. The molecule has 1 aromatic carbocycles. The highest BCUT2D eigenvalue weighted by atomic mass is 35.5. The second-order valence-electron chi connectivity index (χ2n) is 5.14. The molecule has 128 valence electrons. The van der Waals surface area contributed by atoms with Crippen LogP contribution < -0.4 is 14.2 Å². The van der Waals surface area contributed by atoms with Gasteiger partial charge in [0.25, 0.3) is 5.89 Å². The van der Waals surface area contributed by atoms with Crippen LogP contribution in [0.15, 0.2) is 34.2 Å². The Labute approximate surface area is 152 Å². The van der Waals surface area contributed by atoms with Crippen LogP contribution in [-0.4, -0.2) is 30.5 Å². The Kier molecular flexibility index (Phi) is 4.33. The van der Waals surface area contributed by atoms with E-state index in [1.165, 1.54) is 11.3 Å². The first-order valence-electron chi connectivity index (χ1n) is 7.47. The van der Waals surface area contributed by atoms with Crippen LogP contribution in [0.4, 0.5) is 0 Å². The first kappa shape index (κ1) is 16.0. The molecule has 8 heteroatoms. The lowest BCUT2D eigenvalue weighted by Crippen LogP contribution is -2.16. The van der Waals surface area contributed by atoms with E-state index in [9.17, 15) is 0 Å². The molecule has 0 saturated carbocycles. The molecule has 0 atom stereocenters. The number of aromatic nitrogens is 2. The summed E-state index contributed by atoms with van der Waals surface area (Å²) in [4.78, 5) is 5.24. The van der Waals surface area contributed by atoms with Crippen LogP contribution in [0.5, 0.6) is 17.2 Å². The summed E-state index contributed by atoms with van der Waals surface area (Å²) < 4.78 is 21.8. The minimum Gasteiger partial charge on any atom is -0.493 e. The fourth-order valence-corrected chi connectivity index (χ4v) is 3.26. The number of rotatable bonds is 4. The van der Waals surface area contributed by atoms with Crippen molar-refractivity contribution in [2.75, 3.05) is 20.3 Å². The van der Waals surface area contributed by atoms with Crippen molar-refractivity contribution < 1.29 is 18.7 Å². The van der Waals surface area contributed by atoms with E-state index in [0.29, 0.717) is 41.3 Å². The fraction of sp³-hybridized carbons (Fsp3) is 0.176. The number of nitrogens with zero attached hydrogens (tertiary/aromatic N) is 2. The molecule has 3 aromatic rings. The molecule has 1 aliphatic heterocycles. The molecule has 0 radical (unpaired) electrons. The van der Waals surface area contributed by atoms with Crippen LogP contribution >= 0.6 is 22.9 Å². The number of ether oxygens (including phenoxy) is 3. The minimum atomic E-state index is 0.249. The van der Waals surface area contributed by atoms with Crippen LogP contribution in [0, 0.1) is 0 Å². The molecule has 0 spiro atoms. The Hall–Kier alpha value is -2.51. The Morgan fingerprint density at radius 1 is 1.32 bits per heavy atom. The van der Waals surface area contributed by atoms with Gasteiger partial charge in [0, 0.05) is 0 Å². The Morgan fingerprint density at radius 3 is 3.00 bits per heavy atom. The number of thiophene rings is 1. The van der Waals surface area contributed by atoms with E-state index in [-0.39, 0.29) is 5.89 Å². The van der Waals surface area contributed by atoms with E-state index in [1.807, 2.05) is 29.6 Å². The van der Waals surface area contributed by atoms with Gasteiger partial charge in [-0.05, 0) is 35.2 Å². The summed E-state index contributed by atoms with van der Waals surface area (Å²) in [5, 5.41) is 6.23. The summed E-state index contributed by atoms with van der Waals surface area (Å²) in [5.74, 6) is 2.55. The average molecular weight is 377 g/mol. The van der Waals surface area contributed by atoms with Gasteiger partial charge in [0.05, 0.1) is 12.0 Å². The van der Waals surface area contributed by atoms with Crippen LogP contribution in [0.25, 0.3) is 21.8 Å². The highest BCUT2D eigenvalue weighted by Gasteiger charge is 2.19. The third kappa shape index (κ3) is 3.20. The zero-order chi connectivity index (χ0) is 17.2. The summed E-state index contributed by atoms with van der Waals surface area (Å²) in [5.41, 5.74) is 0.780. The van der Waals surface area contributed by atoms with Crippen LogP contribution in [-0.2, 0) is 0 Å². The minimum absolute atomic E-state index is 0.249. The fourth-order valence-electron chi connectivity index (χ4n) is 2.41. The topological polar surface area (TPSA) is 66.6 Å². The lowest BCUT2D eigenvalue weighted by Gasteiger charge is -2.21. The average Bonchev–Trinajstić information content (AvgIpc) is 3.32. The molecule has 4 rings (SSSR count). The molecular weight excluding hydrogens is 364 g/mol. The van der Waals surface area contributed by atoms with Crippen molar-refractivity contribution in [1.29, 1.82) is 0 Å². The molecule has 0 saturated heterocycles. The second kappa shape index (κ2) is 6.78. The van der Waals surface area contributed by atoms with Crippen molar-refractivity contribution in [1.82, 2.24) is 10.1 Å². The summed E-state index contributed by atoms with van der Waals surface area (Å²) in [6, 6.07) is 7.49. The lowest BCUT2D eigenvalue weighted by molar-refractivity contribution is 0.165. The molecule has 0 N–H and O–H groups in total. The summed E-state index contributed by atoms with van der Waals surface area (Å²) in [6.45, 7) is 0.984. The molecule has 0 bridgehead atoms. The molecule has 25 heavy (non-hydrogen) atoms. The van der Waals surface area contributed by atoms with Crippen molar-refractivity contribution in [3.63, 3.8) is 0 Å². The molecule has 2 aromatic heterocycles. The third-order valence-electron chi connectivity index (χ3n) is 3.52. The predicted molar refractivity (Wildman–Crippen MR) is 95.3 cm³/mol. The van der Waals surface area contributed by atoms with Crippen molar-refractivity contribution in [3.8, 4) is 28.0 Å². The van der Waals surface area contributed by atoms with Gasteiger partial charge in [-0.25, -0.2) is 0 Å². The first-order chi connectivity index (χ1) is 12.2. The molecule has 0 amide bonds. The van der Waals surface area contributed by atoms with E-state index in [0.717, 1.165) is 10.4 Å². The van der Waals surface area contributed by atoms with Gasteiger partial charge in [0.1, 0.15) is 18.2 Å². The van der Waals surface area contributed by atoms with Gasteiger partial charge in [-0.2, -0.15) is 4.98 Å². The van der Waals surface area contributed by atoms with Crippen molar-refractivity contribution in [2.24, 2.45) is 0 Å². The molecule has 0 fully saturated rings. The van der Waals surface area contributed by atoms with Gasteiger partial charge < -0.3 is 18.7 Å². The lowest BCUT2D eigenvalue weighted by atomic mass is 10.1. The molecule has 3 heterocycles. The van der Waals surface area contributed by atoms with Gasteiger partial charge in [-0.15, -0.1) is 11.3 Å². The number of hydrogen-bond acceptors (Lipinski definition) is 7. The van der Waals surface area contributed by atoms with E-state index >= 15 is 0 Å². The first-order valence-corrected chi connectivity index (χ1v) is 8.73. The number of benzene rings is 1. The maximum atomic E-state index is 6.35. The Bertz CT molecular complexity index is 904. The predicted octanol–water partition coefficient (Wildman–Crippen LogP) is 4.31. The van der Waals surface area contributed by atoms with Crippen LogP contribution in [0.3, 0.4) is 0 Å². The number of hydrogen-bond donors (Lipinski definition) is 0. The van der Waals surface area contributed by atoms with Gasteiger partial charge in [0.2, 0.25) is 11.6 Å². The van der Waals surface area contributed by atoms with Crippen molar-refractivity contribution in [2.45, 2.75) is 0 Å². The van der Waals surface area contributed by atoms with E-state index in [2.05, 4.69) is 10.1 Å². The van der Waals surface area contributed by atoms with Gasteiger partial charge in [-0.1, -0.05) is 22.8 Å². The van der Waals surface area contributed by atoms with Crippen LogP contribution in [0.2, 0.25) is 0 Å². The normalized spacial score (nSPS) is 13.8. The maximum absolute atomic E-state index is 6.35. The second-order valence-corrected chi connectivity index (χ2v) is 6.49. The molecular formula is C17H13ClN2O4S. The smallest absolute Gasteiger partial charge is 0.269 e. The maximum Gasteiger partial charge on any atom is 0.269 e. The summed E-state index contributed by atoms with van der Waals surface area (Å²) >= 11 is 7.88.